The molecule has 3 nitrogen and oxygen atoms in total. The predicted octanol–water partition coefficient (Wildman–Crippen LogP) is 2.59. The number of fused-ring (bicyclic) bond motifs is 2. The molecule has 0 atom stereocenters. The fourth-order valence-electron chi connectivity index (χ4n) is 2.20. The highest BCUT2D eigenvalue weighted by atomic mass is 16.5. The maximum atomic E-state index is 11.9. The highest BCUT2D eigenvalue weighted by molar-refractivity contribution is 6.50. The molecule has 0 fully saturated rings. The van der Waals surface area contributed by atoms with Gasteiger partial charge in [0.1, 0.15) is 5.76 Å². The molecule has 1 aliphatic rings. The monoisotopic (exact) mass is 238 g/mol. The smallest absolute Gasteiger partial charge is 0.233 e. The number of methoxy groups -OCH3 is 1. The van der Waals surface area contributed by atoms with Crippen LogP contribution in [-0.4, -0.2) is 18.7 Å². The zero-order chi connectivity index (χ0) is 12.7. The Hall–Kier alpha value is -2.42. The molecule has 88 valence electrons. The van der Waals surface area contributed by atoms with Gasteiger partial charge in [-0.3, -0.25) is 9.59 Å². The molecule has 0 saturated heterocycles. The summed E-state index contributed by atoms with van der Waals surface area (Å²) in [4.78, 5) is 23.4. The van der Waals surface area contributed by atoms with E-state index in [1.807, 2.05) is 30.3 Å². The van der Waals surface area contributed by atoms with Crippen molar-refractivity contribution in [1.82, 2.24) is 0 Å². The predicted molar refractivity (Wildman–Crippen MR) is 68.3 cm³/mol. The van der Waals surface area contributed by atoms with E-state index in [-0.39, 0.29) is 0 Å². The van der Waals surface area contributed by atoms with Gasteiger partial charge in [0.05, 0.1) is 7.11 Å². The second-order valence-electron chi connectivity index (χ2n) is 4.15. The molecule has 0 heterocycles. The Balaban J connectivity index is 2.36. The number of allylic oxidation sites excluding steroid dienone is 1. The summed E-state index contributed by atoms with van der Waals surface area (Å²) in [5, 5.41) is 1.95. The van der Waals surface area contributed by atoms with E-state index in [2.05, 4.69) is 0 Å². The van der Waals surface area contributed by atoms with Crippen LogP contribution in [0.5, 0.6) is 0 Å². The fourth-order valence-corrected chi connectivity index (χ4v) is 2.20. The molecule has 0 spiro atoms. The van der Waals surface area contributed by atoms with E-state index < -0.39 is 11.6 Å². The summed E-state index contributed by atoms with van der Waals surface area (Å²) in [6.07, 6.45) is 1.25. The zero-order valence-electron chi connectivity index (χ0n) is 9.77. The van der Waals surface area contributed by atoms with Crippen molar-refractivity contribution in [2.24, 2.45) is 0 Å². The van der Waals surface area contributed by atoms with Crippen molar-refractivity contribution in [3.63, 3.8) is 0 Å². The third-order valence-corrected chi connectivity index (χ3v) is 3.10. The van der Waals surface area contributed by atoms with Crippen molar-refractivity contribution in [2.45, 2.75) is 0 Å². The number of ketones is 2. The maximum absolute atomic E-state index is 11.9. The normalized spacial score (nSPS) is 14.4. The Morgan fingerprint density at radius 1 is 0.944 bits per heavy atom. The Labute approximate surface area is 104 Å². The quantitative estimate of drug-likeness (QED) is 0.717. The molecule has 0 aliphatic heterocycles. The number of hydrogen-bond donors (Lipinski definition) is 0. The van der Waals surface area contributed by atoms with E-state index in [1.54, 1.807) is 6.07 Å². The average molecular weight is 238 g/mol. The third kappa shape index (κ3) is 1.44. The first-order valence-corrected chi connectivity index (χ1v) is 5.58. The number of carbonyl (C=O) groups excluding carboxylic acids is 2. The van der Waals surface area contributed by atoms with Crippen LogP contribution in [0, 0.1) is 0 Å². The van der Waals surface area contributed by atoms with Crippen LogP contribution in [-0.2, 0) is 9.53 Å². The van der Waals surface area contributed by atoms with E-state index in [9.17, 15) is 9.59 Å². The van der Waals surface area contributed by atoms with Crippen molar-refractivity contribution in [1.29, 1.82) is 0 Å². The van der Waals surface area contributed by atoms with Gasteiger partial charge in [-0.2, -0.15) is 0 Å². The molecule has 0 amide bonds. The lowest BCUT2D eigenvalue weighted by Crippen LogP contribution is -2.19. The summed E-state index contributed by atoms with van der Waals surface area (Å²) in [6, 6.07) is 11.3. The topological polar surface area (TPSA) is 43.4 Å². The summed E-state index contributed by atoms with van der Waals surface area (Å²) >= 11 is 0. The van der Waals surface area contributed by atoms with Gasteiger partial charge in [-0.25, -0.2) is 0 Å². The van der Waals surface area contributed by atoms with E-state index >= 15 is 0 Å². The van der Waals surface area contributed by atoms with Crippen LogP contribution in [0.15, 0.2) is 42.5 Å². The molecular formula is C15H10O3. The van der Waals surface area contributed by atoms with E-state index in [4.69, 9.17) is 4.74 Å². The van der Waals surface area contributed by atoms with Crippen LogP contribution < -0.4 is 0 Å². The van der Waals surface area contributed by atoms with Gasteiger partial charge in [-0.15, -0.1) is 0 Å². The second kappa shape index (κ2) is 3.81. The van der Waals surface area contributed by atoms with Gasteiger partial charge in [-0.05, 0) is 22.9 Å². The molecule has 0 saturated carbocycles. The van der Waals surface area contributed by atoms with Gasteiger partial charge < -0.3 is 4.74 Å². The Morgan fingerprint density at radius 3 is 2.17 bits per heavy atom. The number of carbonyl (C=O) groups is 2. The van der Waals surface area contributed by atoms with Crippen LogP contribution in [0.1, 0.15) is 15.9 Å². The van der Waals surface area contributed by atoms with Gasteiger partial charge in [0.15, 0.2) is 0 Å². The van der Waals surface area contributed by atoms with Crippen LogP contribution >= 0.6 is 0 Å². The average Bonchev–Trinajstić information content (AvgIpc) is 2.41. The van der Waals surface area contributed by atoms with E-state index in [1.165, 1.54) is 13.2 Å². The van der Waals surface area contributed by atoms with Crippen LogP contribution in [0.25, 0.3) is 16.5 Å². The van der Waals surface area contributed by atoms with Crippen molar-refractivity contribution in [3.8, 4) is 0 Å². The largest absolute Gasteiger partial charge is 0.496 e. The van der Waals surface area contributed by atoms with Crippen molar-refractivity contribution in [3.05, 3.63) is 53.6 Å². The lowest BCUT2D eigenvalue weighted by molar-refractivity contribution is -0.111. The van der Waals surface area contributed by atoms with Gasteiger partial charge in [0, 0.05) is 17.2 Å². The zero-order valence-corrected chi connectivity index (χ0v) is 9.77. The minimum atomic E-state index is -0.533. The fraction of sp³-hybridized carbons (Fsp3) is 0.0667. The lowest BCUT2D eigenvalue weighted by Gasteiger charge is -2.16. The molecule has 2 aromatic carbocycles. The Kier molecular flexibility index (Phi) is 2.27. The number of benzene rings is 2. The molecule has 0 aromatic heterocycles. The third-order valence-electron chi connectivity index (χ3n) is 3.10. The first-order valence-electron chi connectivity index (χ1n) is 5.58. The molecule has 0 radical (unpaired) electrons. The van der Waals surface area contributed by atoms with Crippen LogP contribution in [0.2, 0.25) is 0 Å². The minimum Gasteiger partial charge on any atom is -0.496 e. The number of Topliss-reactive ketones (excluding diaryl/α,β-unsaturated/α-hetero) is 1. The highest BCUT2D eigenvalue weighted by Crippen LogP contribution is 2.29. The van der Waals surface area contributed by atoms with Crippen molar-refractivity contribution >= 4 is 28.1 Å². The summed E-state index contributed by atoms with van der Waals surface area (Å²) in [5.74, 6) is -0.563. The van der Waals surface area contributed by atoms with Gasteiger partial charge in [0.25, 0.3) is 0 Å². The van der Waals surface area contributed by atoms with Crippen molar-refractivity contribution in [2.75, 3.05) is 7.11 Å². The van der Waals surface area contributed by atoms with Gasteiger partial charge in [-0.1, -0.05) is 24.3 Å². The minimum absolute atomic E-state index is 0.415. The number of rotatable bonds is 1. The number of ether oxygens (including phenoxy) is 1. The maximum Gasteiger partial charge on any atom is 0.233 e. The SMILES string of the molecule is COC1=CC(=O)C(=O)c2cc3ccccc3cc21. The van der Waals surface area contributed by atoms with Crippen molar-refractivity contribution < 1.29 is 14.3 Å². The Morgan fingerprint density at radius 2 is 1.56 bits per heavy atom. The molecule has 0 N–H and O–H groups in total. The standard InChI is InChI=1S/C15H10O3/c1-18-14-8-13(16)15(17)12-7-10-5-3-2-4-9(10)6-11(12)14/h2-8H,1H3. The molecular weight excluding hydrogens is 228 g/mol. The molecule has 0 bridgehead atoms. The van der Waals surface area contributed by atoms with E-state index in [0.717, 1.165) is 10.8 Å². The first-order chi connectivity index (χ1) is 8.70. The molecule has 3 rings (SSSR count). The molecule has 2 aromatic rings. The highest BCUT2D eigenvalue weighted by Gasteiger charge is 2.26. The molecule has 3 heteroatoms. The summed E-state index contributed by atoms with van der Waals surface area (Å²) < 4.78 is 5.17. The van der Waals surface area contributed by atoms with Gasteiger partial charge in [0.2, 0.25) is 11.6 Å². The van der Waals surface area contributed by atoms with Gasteiger partial charge >= 0.3 is 0 Å². The summed E-state index contributed by atoms with van der Waals surface area (Å²) in [7, 11) is 1.49. The summed E-state index contributed by atoms with van der Waals surface area (Å²) in [5.41, 5.74) is 1.10. The second-order valence-corrected chi connectivity index (χ2v) is 4.15. The van der Waals surface area contributed by atoms with E-state index in [0.29, 0.717) is 16.9 Å². The molecule has 0 unspecified atom stereocenters. The molecule has 18 heavy (non-hydrogen) atoms. The molecule has 1 aliphatic carbocycles. The number of hydrogen-bond acceptors (Lipinski definition) is 3. The summed E-state index contributed by atoms with van der Waals surface area (Å²) in [6.45, 7) is 0. The Bertz CT molecular complexity index is 711. The first kappa shape index (κ1) is 10.7. The van der Waals surface area contributed by atoms with Crippen LogP contribution in [0.4, 0.5) is 0 Å². The van der Waals surface area contributed by atoms with Crippen LogP contribution in [0.3, 0.4) is 0 Å². The lowest BCUT2D eigenvalue weighted by atomic mass is 9.91.